The van der Waals surface area contributed by atoms with E-state index >= 15 is 0 Å². The van der Waals surface area contributed by atoms with Crippen LogP contribution in [0.4, 0.5) is 17.6 Å². The van der Waals surface area contributed by atoms with Gasteiger partial charge in [0.15, 0.2) is 11.6 Å². The van der Waals surface area contributed by atoms with Crippen LogP contribution in [0.25, 0.3) is 0 Å². The van der Waals surface area contributed by atoms with E-state index in [4.69, 9.17) is 5.73 Å². The largest absolute Gasteiger partial charge is 0.573 e. The van der Waals surface area contributed by atoms with Crippen molar-refractivity contribution in [3.05, 3.63) is 29.6 Å². The van der Waals surface area contributed by atoms with E-state index in [0.717, 1.165) is 12.1 Å². The summed E-state index contributed by atoms with van der Waals surface area (Å²) in [6.45, 7) is 1.65. The molecule has 1 aromatic rings. The number of hydrogen-bond donors (Lipinski definition) is 1. The molecule has 0 aliphatic heterocycles. The van der Waals surface area contributed by atoms with Gasteiger partial charge in [-0.3, -0.25) is 0 Å². The van der Waals surface area contributed by atoms with Crippen LogP contribution in [-0.4, -0.2) is 18.9 Å². The first kappa shape index (κ1) is 18.5. The molecule has 0 amide bonds. The number of carbonyl (C=O) groups excluding carboxylic acids is 1. The van der Waals surface area contributed by atoms with E-state index in [9.17, 15) is 22.4 Å². The zero-order chi connectivity index (χ0) is 14.6. The summed E-state index contributed by atoms with van der Waals surface area (Å²) in [6.07, 6.45) is -4.99. The summed E-state index contributed by atoms with van der Waals surface area (Å²) in [5.41, 5.74) is 5.46. The highest BCUT2D eigenvalue weighted by Gasteiger charge is 2.32. The lowest BCUT2D eigenvalue weighted by Crippen LogP contribution is -2.24. The van der Waals surface area contributed by atoms with Crippen LogP contribution in [0.3, 0.4) is 0 Å². The van der Waals surface area contributed by atoms with E-state index in [-0.39, 0.29) is 24.6 Å². The first-order valence-corrected chi connectivity index (χ1v) is 5.22. The molecule has 0 saturated carbocycles. The molecule has 20 heavy (non-hydrogen) atoms. The molecule has 0 bridgehead atoms. The number of alkyl halides is 3. The first-order chi connectivity index (χ1) is 8.74. The van der Waals surface area contributed by atoms with Crippen LogP contribution in [0.1, 0.15) is 18.5 Å². The minimum Gasteiger partial charge on any atom is -0.465 e. The number of carbonyl (C=O) groups is 1. The molecule has 1 atom stereocenters. The van der Waals surface area contributed by atoms with E-state index in [0.29, 0.717) is 6.07 Å². The van der Waals surface area contributed by atoms with Crippen molar-refractivity contribution in [2.45, 2.75) is 19.3 Å². The van der Waals surface area contributed by atoms with Crippen LogP contribution in [0.15, 0.2) is 18.2 Å². The van der Waals surface area contributed by atoms with Crippen molar-refractivity contribution in [3.8, 4) is 5.75 Å². The predicted molar refractivity (Wildman–Crippen MR) is 63.9 cm³/mol. The van der Waals surface area contributed by atoms with E-state index < -0.39 is 29.9 Å². The molecule has 0 aliphatic rings. The second-order valence-corrected chi connectivity index (χ2v) is 3.47. The van der Waals surface area contributed by atoms with Crippen LogP contribution in [0.5, 0.6) is 5.75 Å². The van der Waals surface area contributed by atoms with E-state index in [1.54, 1.807) is 6.92 Å². The van der Waals surface area contributed by atoms with Crippen molar-refractivity contribution in [2.75, 3.05) is 6.61 Å². The van der Waals surface area contributed by atoms with Crippen LogP contribution < -0.4 is 10.5 Å². The average molecular weight is 318 g/mol. The zero-order valence-electron chi connectivity index (χ0n) is 10.2. The van der Waals surface area contributed by atoms with Gasteiger partial charge in [-0.05, 0) is 24.6 Å². The van der Waals surface area contributed by atoms with Crippen molar-refractivity contribution in [3.63, 3.8) is 0 Å². The van der Waals surface area contributed by atoms with Crippen LogP contribution in [0, 0.1) is 5.82 Å². The Morgan fingerprint density at radius 3 is 2.45 bits per heavy atom. The molecule has 0 radical (unpaired) electrons. The summed E-state index contributed by atoms with van der Waals surface area (Å²) in [5, 5.41) is 0. The maximum Gasteiger partial charge on any atom is 0.573 e. The van der Waals surface area contributed by atoms with Gasteiger partial charge >= 0.3 is 12.3 Å². The number of esters is 1. The molecule has 0 fully saturated rings. The Balaban J connectivity index is 0.00000361. The maximum absolute atomic E-state index is 13.4. The Kier molecular flexibility index (Phi) is 6.74. The summed E-state index contributed by atoms with van der Waals surface area (Å²) in [7, 11) is 0. The first-order valence-electron chi connectivity index (χ1n) is 5.22. The molecule has 0 aromatic heterocycles. The minimum absolute atomic E-state index is 0. The van der Waals surface area contributed by atoms with Gasteiger partial charge in [-0.25, -0.2) is 9.18 Å². The number of halogens is 5. The van der Waals surface area contributed by atoms with Crippen molar-refractivity contribution in [2.24, 2.45) is 5.73 Å². The van der Waals surface area contributed by atoms with Crippen molar-refractivity contribution in [1.29, 1.82) is 0 Å². The molecule has 9 heteroatoms. The Morgan fingerprint density at radius 2 is 2.00 bits per heavy atom. The van der Waals surface area contributed by atoms with Crippen molar-refractivity contribution < 1.29 is 31.8 Å². The Morgan fingerprint density at radius 1 is 1.40 bits per heavy atom. The highest BCUT2D eigenvalue weighted by molar-refractivity contribution is 5.85. The Hall–Kier alpha value is -1.54. The smallest absolute Gasteiger partial charge is 0.465 e. The second-order valence-electron chi connectivity index (χ2n) is 3.47. The Labute approximate surface area is 118 Å². The fraction of sp³-hybridized carbons (Fsp3) is 0.364. The van der Waals surface area contributed by atoms with Gasteiger partial charge in [0.05, 0.1) is 6.61 Å². The lowest BCUT2D eigenvalue weighted by atomic mass is 10.1. The van der Waals surface area contributed by atoms with Crippen LogP contribution in [0.2, 0.25) is 0 Å². The third kappa shape index (κ3) is 5.22. The molecule has 114 valence electrons. The fourth-order valence-electron chi connectivity index (χ4n) is 1.29. The number of rotatable bonds is 4. The summed E-state index contributed by atoms with van der Waals surface area (Å²) in [4.78, 5) is 11.3. The number of ether oxygens (including phenoxy) is 2. The van der Waals surface area contributed by atoms with Gasteiger partial charge in [-0.15, -0.1) is 25.6 Å². The van der Waals surface area contributed by atoms with Crippen LogP contribution >= 0.6 is 12.4 Å². The normalized spacial score (nSPS) is 12.3. The molecule has 0 aliphatic carbocycles. The standard InChI is InChI=1S/C11H11F4NO3.ClH/c1-2-18-10(17)9(16)6-3-4-8(7(12)5-6)19-11(13,14)15;/h3-5,9H,2,16H2,1H3;1H/t9-;/m0./s1. The molecule has 0 saturated heterocycles. The van der Waals surface area contributed by atoms with E-state index in [1.165, 1.54) is 0 Å². The number of hydrogen-bond acceptors (Lipinski definition) is 4. The minimum atomic E-state index is -4.99. The molecule has 1 aromatic carbocycles. The molecular weight excluding hydrogens is 306 g/mol. The summed E-state index contributed by atoms with van der Waals surface area (Å²) in [5.74, 6) is -3.06. The Bertz CT molecular complexity index is 467. The summed E-state index contributed by atoms with van der Waals surface area (Å²) < 4.78 is 57.2. The SMILES string of the molecule is CCOC(=O)[C@@H](N)c1ccc(OC(F)(F)F)c(F)c1.Cl. The second kappa shape index (κ2) is 7.30. The average Bonchev–Trinajstić information content (AvgIpc) is 2.29. The van der Waals surface area contributed by atoms with Gasteiger partial charge in [0, 0.05) is 0 Å². The van der Waals surface area contributed by atoms with Gasteiger partial charge in [-0.2, -0.15) is 0 Å². The van der Waals surface area contributed by atoms with Gasteiger partial charge in [0.1, 0.15) is 6.04 Å². The third-order valence-electron chi connectivity index (χ3n) is 2.08. The maximum atomic E-state index is 13.4. The van der Waals surface area contributed by atoms with Crippen LogP contribution in [-0.2, 0) is 9.53 Å². The zero-order valence-corrected chi connectivity index (χ0v) is 11.1. The van der Waals surface area contributed by atoms with E-state index in [2.05, 4.69) is 9.47 Å². The van der Waals surface area contributed by atoms with Gasteiger partial charge in [0.2, 0.25) is 0 Å². The lowest BCUT2D eigenvalue weighted by molar-refractivity contribution is -0.275. The number of benzene rings is 1. The topological polar surface area (TPSA) is 61.5 Å². The molecule has 1 rings (SSSR count). The fourth-order valence-corrected chi connectivity index (χ4v) is 1.29. The van der Waals surface area contributed by atoms with E-state index in [1.807, 2.05) is 0 Å². The predicted octanol–water partition coefficient (Wildman–Crippen LogP) is 2.71. The number of nitrogens with two attached hydrogens (primary N) is 1. The summed E-state index contributed by atoms with van der Waals surface area (Å²) >= 11 is 0. The molecule has 0 spiro atoms. The quantitative estimate of drug-likeness (QED) is 0.685. The third-order valence-corrected chi connectivity index (χ3v) is 2.08. The molecular formula is C11H12ClF4NO3. The van der Waals surface area contributed by atoms with Gasteiger partial charge in [0.25, 0.3) is 0 Å². The molecule has 2 N–H and O–H groups in total. The highest BCUT2D eigenvalue weighted by atomic mass is 35.5. The molecule has 0 heterocycles. The van der Waals surface area contributed by atoms with Gasteiger partial charge < -0.3 is 15.2 Å². The van der Waals surface area contributed by atoms with Crippen molar-refractivity contribution >= 4 is 18.4 Å². The molecule has 0 unspecified atom stereocenters. The monoisotopic (exact) mass is 317 g/mol. The van der Waals surface area contributed by atoms with Crippen molar-refractivity contribution in [1.82, 2.24) is 0 Å². The molecule has 4 nitrogen and oxygen atoms in total. The van der Waals surface area contributed by atoms with Gasteiger partial charge in [-0.1, -0.05) is 6.07 Å². The summed E-state index contributed by atoms with van der Waals surface area (Å²) in [6, 6.07) is 1.24. The lowest BCUT2D eigenvalue weighted by Gasteiger charge is -2.13. The highest BCUT2D eigenvalue weighted by Crippen LogP contribution is 2.27.